The van der Waals surface area contributed by atoms with Crippen molar-refractivity contribution in [1.82, 2.24) is 0 Å². The first-order chi connectivity index (χ1) is 11.0. The number of nitrogens with zero attached hydrogens (tertiary/aromatic N) is 1. The number of benzene rings is 2. The molecule has 0 aliphatic rings. The Bertz CT molecular complexity index is 747. The fourth-order valence-corrected chi connectivity index (χ4v) is 2.00. The first-order valence-corrected chi connectivity index (χ1v) is 6.95. The van der Waals surface area contributed by atoms with Gasteiger partial charge in [0.2, 0.25) is 0 Å². The highest BCUT2D eigenvalue weighted by atomic mass is 35.5. The fourth-order valence-electron chi connectivity index (χ4n) is 1.81. The molecular formula is C16H15ClN2O4. The van der Waals surface area contributed by atoms with E-state index in [9.17, 15) is 4.79 Å². The van der Waals surface area contributed by atoms with Gasteiger partial charge in [-0.3, -0.25) is 0 Å². The van der Waals surface area contributed by atoms with Crippen LogP contribution >= 0.6 is 11.6 Å². The van der Waals surface area contributed by atoms with Gasteiger partial charge in [0, 0.05) is 10.6 Å². The third kappa shape index (κ3) is 4.14. The zero-order valence-electron chi connectivity index (χ0n) is 12.6. The first-order valence-electron chi connectivity index (χ1n) is 6.58. The number of carbonyl (C=O) groups is 1. The Morgan fingerprint density at radius 1 is 1.04 bits per heavy atom. The van der Waals surface area contributed by atoms with Gasteiger partial charge in [0.15, 0.2) is 17.3 Å². The van der Waals surface area contributed by atoms with E-state index in [1.807, 2.05) is 0 Å². The fraction of sp³-hybridized carbons (Fsp3) is 0.125. The van der Waals surface area contributed by atoms with Gasteiger partial charge in [-0.2, -0.15) is 0 Å². The number of hydrogen-bond acceptors (Lipinski definition) is 5. The third-order valence-electron chi connectivity index (χ3n) is 2.97. The maximum absolute atomic E-state index is 11.9. The van der Waals surface area contributed by atoms with Crippen LogP contribution in [0.15, 0.2) is 47.6 Å². The molecule has 0 atom stereocenters. The van der Waals surface area contributed by atoms with Gasteiger partial charge >= 0.3 is 5.97 Å². The molecule has 120 valence electrons. The number of rotatable bonds is 5. The van der Waals surface area contributed by atoms with Crippen LogP contribution in [-0.2, 0) is 4.84 Å². The molecule has 0 unspecified atom stereocenters. The van der Waals surface area contributed by atoms with Gasteiger partial charge in [0.25, 0.3) is 0 Å². The molecule has 0 bridgehead atoms. The second-order valence-corrected chi connectivity index (χ2v) is 4.87. The van der Waals surface area contributed by atoms with Crippen molar-refractivity contribution in [2.24, 2.45) is 10.9 Å². The van der Waals surface area contributed by atoms with Gasteiger partial charge in [-0.15, -0.1) is 0 Å². The summed E-state index contributed by atoms with van der Waals surface area (Å²) in [4.78, 5) is 16.7. The Morgan fingerprint density at radius 3 is 2.43 bits per heavy atom. The predicted octanol–water partition coefficient (Wildman–Crippen LogP) is 2.83. The largest absolute Gasteiger partial charge is 0.493 e. The van der Waals surface area contributed by atoms with Crippen molar-refractivity contribution >= 4 is 23.4 Å². The average Bonchev–Trinajstić information content (AvgIpc) is 2.58. The quantitative estimate of drug-likeness (QED) is 0.393. The van der Waals surface area contributed by atoms with E-state index in [0.29, 0.717) is 22.1 Å². The molecule has 0 saturated carbocycles. The standard InChI is InChI=1S/C16H15ClN2O4/c1-21-13-7-6-10(9-14(13)22-2)15(18)19-23-16(20)11-4-3-5-12(17)8-11/h3-9H,1-2H3,(H2,18,19). The van der Waals surface area contributed by atoms with E-state index < -0.39 is 5.97 Å². The minimum absolute atomic E-state index is 0.0290. The van der Waals surface area contributed by atoms with Crippen molar-refractivity contribution in [3.05, 3.63) is 58.6 Å². The van der Waals surface area contributed by atoms with Crippen LogP contribution < -0.4 is 15.2 Å². The Morgan fingerprint density at radius 2 is 1.78 bits per heavy atom. The molecule has 0 aromatic heterocycles. The van der Waals surface area contributed by atoms with Crippen LogP contribution in [0.1, 0.15) is 15.9 Å². The van der Waals surface area contributed by atoms with Crippen molar-refractivity contribution < 1.29 is 19.1 Å². The minimum Gasteiger partial charge on any atom is -0.493 e. The first kappa shape index (κ1) is 16.6. The van der Waals surface area contributed by atoms with Crippen LogP contribution in [0.2, 0.25) is 5.02 Å². The van der Waals surface area contributed by atoms with Crippen LogP contribution in [-0.4, -0.2) is 26.0 Å². The highest BCUT2D eigenvalue weighted by Gasteiger charge is 2.10. The molecule has 7 heteroatoms. The summed E-state index contributed by atoms with van der Waals surface area (Å²) < 4.78 is 10.3. The zero-order chi connectivity index (χ0) is 16.8. The van der Waals surface area contributed by atoms with Crippen LogP contribution in [0.5, 0.6) is 11.5 Å². The molecular weight excluding hydrogens is 320 g/mol. The number of ether oxygens (including phenoxy) is 2. The van der Waals surface area contributed by atoms with Gasteiger partial charge in [0.1, 0.15) is 0 Å². The summed E-state index contributed by atoms with van der Waals surface area (Å²) in [6, 6.07) is 11.3. The molecule has 6 nitrogen and oxygen atoms in total. The predicted molar refractivity (Wildman–Crippen MR) is 87.1 cm³/mol. The molecule has 2 rings (SSSR count). The Labute approximate surface area is 138 Å². The van der Waals surface area contributed by atoms with Crippen LogP contribution in [0.4, 0.5) is 0 Å². The molecule has 0 radical (unpaired) electrons. The Hall–Kier alpha value is -2.73. The smallest absolute Gasteiger partial charge is 0.365 e. The summed E-state index contributed by atoms with van der Waals surface area (Å²) >= 11 is 5.82. The molecule has 2 aromatic rings. The summed E-state index contributed by atoms with van der Waals surface area (Å²) in [6.07, 6.45) is 0. The van der Waals surface area contributed by atoms with E-state index in [2.05, 4.69) is 5.16 Å². The lowest BCUT2D eigenvalue weighted by Gasteiger charge is -2.09. The lowest BCUT2D eigenvalue weighted by molar-refractivity contribution is 0.0516. The van der Waals surface area contributed by atoms with Crippen molar-refractivity contribution in [3.63, 3.8) is 0 Å². The SMILES string of the molecule is COc1ccc(C(N)=NOC(=O)c2cccc(Cl)c2)cc1OC. The lowest BCUT2D eigenvalue weighted by Crippen LogP contribution is -2.15. The molecule has 23 heavy (non-hydrogen) atoms. The summed E-state index contributed by atoms with van der Waals surface area (Å²) in [5.41, 5.74) is 6.62. The van der Waals surface area contributed by atoms with Crippen LogP contribution in [0, 0.1) is 0 Å². The highest BCUT2D eigenvalue weighted by molar-refractivity contribution is 6.30. The number of carbonyl (C=O) groups excluding carboxylic acids is 1. The second-order valence-electron chi connectivity index (χ2n) is 4.44. The van der Waals surface area contributed by atoms with E-state index >= 15 is 0 Å². The number of nitrogens with two attached hydrogens (primary N) is 1. The average molecular weight is 335 g/mol. The third-order valence-corrected chi connectivity index (χ3v) is 3.20. The Kier molecular flexibility index (Phi) is 5.43. The number of amidine groups is 1. The van der Waals surface area contributed by atoms with Crippen molar-refractivity contribution in [3.8, 4) is 11.5 Å². The monoisotopic (exact) mass is 334 g/mol. The topological polar surface area (TPSA) is 83.1 Å². The molecule has 0 saturated heterocycles. The number of oxime groups is 1. The molecule has 0 fully saturated rings. The van der Waals surface area contributed by atoms with Crippen molar-refractivity contribution in [2.75, 3.05) is 14.2 Å². The van der Waals surface area contributed by atoms with Crippen molar-refractivity contribution in [2.45, 2.75) is 0 Å². The van der Waals surface area contributed by atoms with E-state index in [1.165, 1.54) is 20.3 Å². The van der Waals surface area contributed by atoms with E-state index in [1.54, 1.807) is 36.4 Å². The molecule has 0 aliphatic heterocycles. The number of halogens is 1. The summed E-state index contributed by atoms with van der Waals surface area (Å²) in [6.45, 7) is 0. The van der Waals surface area contributed by atoms with Crippen LogP contribution in [0.25, 0.3) is 0 Å². The van der Waals surface area contributed by atoms with E-state index in [0.717, 1.165) is 0 Å². The minimum atomic E-state index is -0.657. The van der Waals surface area contributed by atoms with Gasteiger partial charge < -0.3 is 20.0 Å². The van der Waals surface area contributed by atoms with Gasteiger partial charge in [-0.1, -0.05) is 22.8 Å². The van der Waals surface area contributed by atoms with Crippen LogP contribution in [0.3, 0.4) is 0 Å². The summed E-state index contributed by atoms with van der Waals surface area (Å²) in [7, 11) is 3.04. The highest BCUT2D eigenvalue weighted by Crippen LogP contribution is 2.27. The van der Waals surface area contributed by atoms with Gasteiger partial charge in [-0.25, -0.2) is 4.79 Å². The summed E-state index contributed by atoms with van der Waals surface area (Å²) in [5, 5.41) is 4.06. The number of hydrogen-bond donors (Lipinski definition) is 1. The molecule has 0 amide bonds. The maximum atomic E-state index is 11.9. The molecule has 0 spiro atoms. The maximum Gasteiger partial charge on any atom is 0.365 e. The lowest BCUT2D eigenvalue weighted by atomic mass is 10.2. The van der Waals surface area contributed by atoms with E-state index in [-0.39, 0.29) is 11.4 Å². The molecule has 0 heterocycles. The summed E-state index contributed by atoms with van der Waals surface area (Å²) in [5.74, 6) is 0.418. The Balaban J connectivity index is 2.15. The van der Waals surface area contributed by atoms with E-state index in [4.69, 9.17) is 31.6 Å². The molecule has 2 N–H and O–H groups in total. The zero-order valence-corrected chi connectivity index (χ0v) is 13.3. The van der Waals surface area contributed by atoms with Crippen molar-refractivity contribution in [1.29, 1.82) is 0 Å². The van der Waals surface area contributed by atoms with Gasteiger partial charge in [-0.05, 0) is 36.4 Å². The normalized spacial score (nSPS) is 11.0. The second kappa shape index (κ2) is 7.51. The molecule has 2 aromatic carbocycles. The molecule has 0 aliphatic carbocycles. The number of methoxy groups -OCH3 is 2. The van der Waals surface area contributed by atoms with Gasteiger partial charge in [0.05, 0.1) is 19.8 Å².